The van der Waals surface area contributed by atoms with Gasteiger partial charge in [-0.1, -0.05) is 11.8 Å². The zero-order valence-corrected chi connectivity index (χ0v) is 14.5. The van der Waals surface area contributed by atoms with Crippen molar-refractivity contribution in [3.63, 3.8) is 0 Å². The van der Waals surface area contributed by atoms with Crippen molar-refractivity contribution in [3.8, 4) is 0 Å². The van der Waals surface area contributed by atoms with Gasteiger partial charge in [-0.25, -0.2) is 9.40 Å². The second-order valence-corrected chi connectivity index (χ2v) is 8.94. The van der Waals surface area contributed by atoms with E-state index in [1.54, 1.807) is 32.4 Å². The Morgan fingerprint density at radius 3 is 2.59 bits per heavy atom. The summed E-state index contributed by atoms with van der Waals surface area (Å²) in [6.45, 7) is 6.69. The van der Waals surface area contributed by atoms with Gasteiger partial charge in [-0.3, -0.25) is 4.79 Å². The Bertz CT molecular complexity index is 647. The number of thioether (sulfide) groups is 1. The van der Waals surface area contributed by atoms with Gasteiger partial charge in [0.25, 0.3) is 0 Å². The lowest BCUT2D eigenvalue weighted by atomic mass is 10.1. The summed E-state index contributed by atoms with van der Waals surface area (Å²) in [6.07, 6.45) is 2.03. The molecule has 0 aromatic carbocycles. The Hall–Kier alpha value is -1.20. The molecule has 0 radical (unpaired) electrons. The zero-order chi connectivity index (χ0) is 16.5. The van der Waals surface area contributed by atoms with E-state index in [4.69, 9.17) is 0 Å². The van der Waals surface area contributed by atoms with Crippen molar-refractivity contribution >= 4 is 27.9 Å². The van der Waals surface area contributed by atoms with E-state index < -0.39 is 26.9 Å². The first kappa shape index (κ1) is 17.2. The first-order chi connectivity index (χ1) is 10.1. The summed E-state index contributed by atoms with van der Waals surface area (Å²) in [5.41, 5.74) is -0.668. The van der Waals surface area contributed by atoms with Gasteiger partial charge in [0.05, 0.1) is 11.3 Å². The largest absolute Gasteiger partial charge is 0.301 e. The van der Waals surface area contributed by atoms with Crippen LogP contribution in [0.25, 0.3) is 0 Å². The van der Waals surface area contributed by atoms with Crippen LogP contribution >= 0.6 is 11.8 Å². The monoisotopic (exact) mass is 348 g/mol. The van der Waals surface area contributed by atoms with Crippen molar-refractivity contribution < 1.29 is 13.2 Å². The number of amides is 1. The summed E-state index contributed by atoms with van der Waals surface area (Å²) in [5.74, 6) is -0.618. The second-order valence-electron chi connectivity index (χ2n) is 6.22. The average molecular weight is 348 g/mol. The predicted molar refractivity (Wildman–Crippen MR) is 81.4 cm³/mol. The minimum absolute atomic E-state index is 0.291. The molecule has 1 atom stereocenters. The van der Waals surface area contributed by atoms with Crippen LogP contribution in [0.2, 0.25) is 0 Å². The Morgan fingerprint density at radius 1 is 1.41 bits per heavy atom. The Labute approximate surface area is 133 Å². The fourth-order valence-electron chi connectivity index (χ4n) is 1.67. The molecule has 0 bridgehead atoms. The van der Waals surface area contributed by atoms with Gasteiger partial charge in [0.1, 0.15) is 0 Å². The molecule has 22 heavy (non-hydrogen) atoms. The van der Waals surface area contributed by atoms with Crippen molar-refractivity contribution in [2.75, 3.05) is 0 Å². The minimum atomic E-state index is -3.90. The fraction of sp³-hybridized carbons (Fsp3) is 0.818. The van der Waals surface area contributed by atoms with E-state index in [2.05, 4.69) is 20.2 Å². The number of hydrogen-bond acceptors (Lipinski definition) is 7. The minimum Gasteiger partial charge on any atom is -0.273 e. The van der Waals surface area contributed by atoms with Crippen LogP contribution < -0.4 is 9.44 Å². The van der Waals surface area contributed by atoms with E-state index in [0.717, 1.165) is 24.6 Å². The highest BCUT2D eigenvalue weighted by Crippen LogP contribution is 2.37. The maximum Gasteiger partial charge on any atom is 0.301 e. The molecule has 0 saturated heterocycles. The summed E-state index contributed by atoms with van der Waals surface area (Å²) in [6, 6.07) is 0.291. The Morgan fingerprint density at radius 2 is 2.05 bits per heavy atom. The lowest BCUT2D eigenvalue weighted by Crippen LogP contribution is -2.50. The smallest absolute Gasteiger partial charge is 0.273 e. The summed E-state index contributed by atoms with van der Waals surface area (Å²) in [4.78, 5) is 12.0. The molecule has 11 heteroatoms. The SMILES string of the molecule is CC(Sc1nnnn1C1CC1)C(=O)NS(=O)(=O)NC(C)(C)C. The van der Waals surface area contributed by atoms with Crippen molar-refractivity contribution in [3.05, 3.63) is 0 Å². The number of nitrogens with one attached hydrogen (secondary N) is 2. The quantitative estimate of drug-likeness (QED) is 0.707. The standard InChI is InChI=1S/C11H20N6O3S2/c1-7(9(18)13-22(19,20)14-11(2,3)4)21-10-12-15-16-17(10)8-5-6-8/h7-8,14H,5-6H2,1-4H3,(H,13,18). The van der Waals surface area contributed by atoms with E-state index in [1.165, 1.54) is 0 Å². The summed E-state index contributed by atoms with van der Waals surface area (Å²) < 4.78 is 29.8. The van der Waals surface area contributed by atoms with Crippen LogP contribution in [-0.4, -0.2) is 45.3 Å². The zero-order valence-electron chi connectivity index (χ0n) is 12.9. The van der Waals surface area contributed by atoms with Crippen LogP contribution in [0.1, 0.15) is 46.6 Å². The van der Waals surface area contributed by atoms with Crippen LogP contribution in [0, 0.1) is 0 Å². The van der Waals surface area contributed by atoms with Gasteiger partial charge >= 0.3 is 10.2 Å². The average Bonchev–Trinajstić information content (AvgIpc) is 3.06. The first-order valence-corrected chi connectivity index (χ1v) is 9.24. The number of aromatic nitrogens is 4. The first-order valence-electron chi connectivity index (χ1n) is 6.87. The topological polar surface area (TPSA) is 119 Å². The molecular weight excluding hydrogens is 328 g/mol. The van der Waals surface area contributed by atoms with Gasteiger partial charge in [-0.2, -0.15) is 13.1 Å². The highest BCUT2D eigenvalue weighted by atomic mass is 32.2. The van der Waals surface area contributed by atoms with Crippen LogP contribution in [0.4, 0.5) is 0 Å². The normalized spacial score (nSPS) is 17.3. The number of nitrogens with zero attached hydrogens (tertiary/aromatic N) is 4. The molecule has 1 aromatic heterocycles. The fourth-order valence-corrected chi connectivity index (χ4v) is 3.90. The van der Waals surface area contributed by atoms with E-state index in [9.17, 15) is 13.2 Å². The van der Waals surface area contributed by atoms with Crippen LogP contribution in [0.15, 0.2) is 5.16 Å². The molecule has 124 valence electrons. The van der Waals surface area contributed by atoms with Gasteiger partial charge in [0, 0.05) is 5.54 Å². The number of hydrogen-bond donors (Lipinski definition) is 2. The highest BCUT2D eigenvalue weighted by molar-refractivity contribution is 8.00. The second kappa shape index (κ2) is 6.13. The molecule has 1 unspecified atom stereocenters. The maximum atomic E-state index is 12.0. The van der Waals surface area contributed by atoms with Gasteiger partial charge in [0.15, 0.2) is 0 Å². The Balaban J connectivity index is 1.96. The third kappa shape index (κ3) is 4.92. The lowest BCUT2D eigenvalue weighted by Gasteiger charge is -2.21. The van der Waals surface area contributed by atoms with Gasteiger partial charge in [-0.05, 0) is 51.0 Å². The molecule has 0 aliphatic heterocycles. The summed E-state index contributed by atoms with van der Waals surface area (Å²) in [7, 11) is -3.90. The molecule has 9 nitrogen and oxygen atoms in total. The van der Waals surface area contributed by atoms with Crippen LogP contribution in [0.3, 0.4) is 0 Å². The van der Waals surface area contributed by atoms with Gasteiger partial charge in [0.2, 0.25) is 11.1 Å². The van der Waals surface area contributed by atoms with Crippen LogP contribution in [-0.2, 0) is 15.0 Å². The molecule has 1 fully saturated rings. The van der Waals surface area contributed by atoms with Gasteiger partial charge in [-0.15, -0.1) is 5.10 Å². The summed E-state index contributed by atoms with van der Waals surface area (Å²) >= 11 is 1.13. The molecule has 1 aromatic rings. The summed E-state index contributed by atoms with van der Waals surface area (Å²) in [5, 5.41) is 11.2. The molecule has 2 rings (SSSR count). The van der Waals surface area contributed by atoms with Crippen molar-refractivity contribution in [1.82, 2.24) is 29.7 Å². The third-order valence-electron chi connectivity index (χ3n) is 2.68. The molecule has 1 heterocycles. The van der Waals surface area contributed by atoms with E-state index >= 15 is 0 Å². The van der Waals surface area contributed by atoms with Crippen LogP contribution in [0.5, 0.6) is 0 Å². The Kier molecular flexibility index (Phi) is 4.78. The molecule has 2 N–H and O–H groups in total. The number of carbonyl (C=O) groups is 1. The van der Waals surface area contributed by atoms with Crippen molar-refractivity contribution in [2.45, 2.75) is 62.5 Å². The number of carbonyl (C=O) groups excluding carboxylic acids is 1. The number of tetrazole rings is 1. The third-order valence-corrected chi connectivity index (χ3v) is 5.08. The molecular formula is C11H20N6O3S2. The molecule has 1 aliphatic carbocycles. The van der Waals surface area contributed by atoms with Crippen molar-refractivity contribution in [2.24, 2.45) is 0 Å². The van der Waals surface area contributed by atoms with E-state index in [1.807, 2.05) is 4.72 Å². The van der Waals surface area contributed by atoms with Gasteiger partial charge < -0.3 is 0 Å². The highest BCUT2D eigenvalue weighted by Gasteiger charge is 2.30. The molecule has 1 saturated carbocycles. The van der Waals surface area contributed by atoms with E-state index in [0.29, 0.717) is 11.2 Å². The molecule has 1 amide bonds. The lowest BCUT2D eigenvalue weighted by molar-refractivity contribution is -0.118. The maximum absolute atomic E-state index is 12.0. The van der Waals surface area contributed by atoms with E-state index in [-0.39, 0.29) is 0 Å². The van der Waals surface area contributed by atoms with Crippen molar-refractivity contribution in [1.29, 1.82) is 0 Å². The molecule has 1 aliphatic rings. The predicted octanol–water partition coefficient (Wildman–Crippen LogP) is 0.238. The number of rotatable bonds is 6. The molecule has 0 spiro atoms.